The minimum Gasteiger partial charge on any atom is -0.216 e. The van der Waals surface area contributed by atoms with Crippen LogP contribution in [0.3, 0.4) is 0 Å². The number of rotatable bonds is 1. The molecular formula is C17H22ClN3. The summed E-state index contributed by atoms with van der Waals surface area (Å²) in [5, 5.41) is 0.221. The predicted molar refractivity (Wildman–Crippen MR) is 87.7 cm³/mol. The molecule has 0 bridgehead atoms. The second kappa shape index (κ2) is 5.38. The minimum absolute atomic E-state index is 0.0623. The lowest BCUT2D eigenvalue weighted by Crippen LogP contribution is -2.16. The first-order chi connectivity index (χ1) is 9.57. The van der Waals surface area contributed by atoms with Gasteiger partial charge in [-0.15, -0.1) is 0 Å². The summed E-state index contributed by atoms with van der Waals surface area (Å²) in [6, 6.07) is 6.55. The molecule has 3 nitrogen and oxygen atoms in total. The van der Waals surface area contributed by atoms with Crippen LogP contribution in [0.15, 0.2) is 24.5 Å². The maximum atomic E-state index is 5.89. The SMILES string of the molecule is CC(C)(C)c1cc(-c2ncnc(Cl)n2)cc(C(C)(C)C)c1. The molecule has 0 saturated heterocycles. The van der Waals surface area contributed by atoms with E-state index in [1.54, 1.807) is 0 Å². The van der Waals surface area contributed by atoms with Crippen molar-refractivity contribution in [2.45, 2.75) is 52.4 Å². The molecule has 0 aliphatic rings. The minimum atomic E-state index is 0.0623. The molecule has 0 aliphatic heterocycles. The molecule has 0 atom stereocenters. The first-order valence-corrected chi connectivity index (χ1v) is 7.46. The summed E-state index contributed by atoms with van der Waals surface area (Å²) in [6.07, 6.45) is 1.45. The van der Waals surface area contributed by atoms with Gasteiger partial charge in [0.05, 0.1) is 0 Å². The van der Waals surface area contributed by atoms with Crippen molar-refractivity contribution in [2.24, 2.45) is 0 Å². The summed E-state index contributed by atoms with van der Waals surface area (Å²) in [5.74, 6) is 0.617. The molecule has 2 aromatic rings. The van der Waals surface area contributed by atoms with Gasteiger partial charge in [0.15, 0.2) is 5.82 Å². The lowest BCUT2D eigenvalue weighted by molar-refractivity contribution is 0.569. The summed E-state index contributed by atoms with van der Waals surface area (Å²) >= 11 is 5.89. The van der Waals surface area contributed by atoms with Crippen molar-refractivity contribution in [2.75, 3.05) is 0 Å². The van der Waals surface area contributed by atoms with Crippen LogP contribution in [-0.4, -0.2) is 15.0 Å². The number of aromatic nitrogens is 3. The van der Waals surface area contributed by atoms with Gasteiger partial charge in [-0.3, -0.25) is 0 Å². The van der Waals surface area contributed by atoms with Crippen molar-refractivity contribution in [1.29, 1.82) is 0 Å². The van der Waals surface area contributed by atoms with Gasteiger partial charge in [-0.2, -0.15) is 4.98 Å². The Kier molecular flexibility index (Phi) is 4.07. The van der Waals surface area contributed by atoms with E-state index in [4.69, 9.17) is 11.6 Å². The van der Waals surface area contributed by atoms with Crippen molar-refractivity contribution in [1.82, 2.24) is 15.0 Å². The van der Waals surface area contributed by atoms with Crippen LogP contribution in [0.25, 0.3) is 11.4 Å². The Morgan fingerprint density at radius 3 is 1.76 bits per heavy atom. The maximum absolute atomic E-state index is 5.89. The van der Waals surface area contributed by atoms with E-state index in [0.717, 1.165) is 5.56 Å². The Hall–Kier alpha value is -1.48. The van der Waals surface area contributed by atoms with Gasteiger partial charge >= 0.3 is 0 Å². The summed E-state index contributed by atoms with van der Waals surface area (Å²) in [7, 11) is 0. The van der Waals surface area contributed by atoms with Crippen molar-refractivity contribution >= 4 is 11.6 Å². The van der Waals surface area contributed by atoms with Crippen LogP contribution < -0.4 is 0 Å². The fourth-order valence-corrected chi connectivity index (χ4v) is 2.16. The molecule has 0 amide bonds. The van der Waals surface area contributed by atoms with E-state index in [2.05, 4.69) is 74.7 Å². The van der Waals surface area contributed by atoms with E-state index in [-0.39, 0.29) is 16.1 Å². The Bertz CT molecular complexity index is 620. The summed E-state index contributed by atoms with van der Waals surface area (Å²) in [5.41, 5.74) is 3.64. The third kappa shape index (κ3) is 3.79. The van der Waals surface area contributed by atoms with Crippen LogP contribution in [0, 0.1) is 0 Å². The van der Waals surface area contributed by atoms with Crippen LogP contribution in [0.2, 0.25) is 5.28 Å². The normalized spacial score (nSPS) is 12.5. The zero-order valence-electron chi connectivity index (χ0n) is 13.5. The average Bonchev–Trinajstić information content (AvgIpc) is 2.36. The Morgan fingerprint density at radius 1 is 0.810 bits per heavy atom. The lowest BCUT2D eigenvalue weighted by atomic mass is 9.79. The van der Waals surface area contributed by atoms with Gasteiger partial charge in [-0.1, -0.05) is 47.6 Å². The van der Waals surface area contributed by atoms with E-state index in [1.165, 1.54) is 17.5 Å². The van der Waals surface area contributed by atoms with Crippen molar-refractivity contribution in [3.8, 4) is 11.4 Å². The van der Waals surface area contributed by atoms with Gasteiger partial charge in [0, 0.05) is 5.56 Å². The van der Waals surface area contributed by atoms with E-state index in [0.29, 0.717) is 5.82 Å². The average molecular weight is 304 g/mol. The Morgan fingerprint density at radius 2 is 1.33 bits per heavy atom. The second-order valence-electron chi connectivity index (χ2n) is 7.38. The maximum Gasteiger partial charge on any atom is 0.225 e. The van der Waals surface area contributed by atoms with E-state index in [9.17, 15) is 0 Å². The van der Waals surface area contributed by atoms with E-state index < -0.39 is 0 Å². The third-order valence-corrected chi connectivity index (χ3v) is 3.65. The van der Waals surface area contributed by atoms with Gasteiger partial charge in [-0.25, -0.2) is 9.97 Å². The molecule has 1 aromatic heterocycles. The van der Waals surface area contributed by atoms with Crippen molar-refractivity contribution < 1.29 is 0 Å². The van der Waals surface area contributed by atoms with Gasteiger partial charge < -0.3 is 0 Å². The first kappa shape index (κ1) is 15.9. The smallest absolute Gasteiger partial charge is 0.216 e. The molecule has 0 N–H and O–H groups in total. The second-order valence-corrected chi connectivity index (χ2v) is 7.72. The number of nitrogens with zero attached hydrogens (tertiary/aromatic N) is 3. The monoisotopic (exact) mass is 303 g/mol. The van der Waals surface area contributed by atoms with Crippen molar-refractivity contribution in [3.63, 3.8) is 0 Å². The molecule has 0 fully saturated rings. The first-order valence-electron chi connectivity index (χ1n) is 7.08. The zero-order valence-corrected chi connectivity index (χ0v) is 14.3. The molecule has 0 radical (unpaired) electrons. The standard InChI is InChI=1S/C17H22ClN3/c1-16(2,3)12-7-11(8-13(9-12)17(4,5)6)14-19-10-20-15(18)21-14/h7-10H,1-6H3. The summed E-state index contributed by atoms with van der Waals surface area (Å²) < 4.78 is 0. The largest absolute Gasteiger partial charge is 0.225 e. The Balaban J connectivity index is 2.66. The van der Waals surface area contributed by atoms with Gasteiger partial charge in [0.25, 0.3) is 0 Å². The molecule has 112 valence electrons. The predicted octanol–water partition coefficient (Wildman–Crippen LogP) is 4.79. The highest BCUT2D eigenvalue weighted by Crippen LogP contribution is 2.32. The van der Waals surface area contributed by atoms with E-state index >= 15 is 0 Å². The van der Waals surface area contributed by atoms with Crippen LogP contribution in [0.1, 0.15) is 52.7 Å². The van der Waals surface area contributed by atoms with Crippen LogP contribution in [0.4, 0.5) is 0 Å². The molecular weight excluding hydrogens is 282 g/mol. The molecule has 0 saturated carbocycles. The Labute approximate surface area is 131 Å². The number of halogens is 1. The van der Waals surface area contributed by atoms with Crippen LogP contribution in [0.5, 0.6) is 0 Å². The zero-order chi connectivity index (χ0) is 15.8. The van der Waals surface area contributed by atoms with E-state index in [1.807, 2.05) is 0 Å². The highest BCUT2D eigenvalue weighted by Gasteiger charge is 2.21. The molecule has 1 heterocycles. The lowest BCUT2D eigenvalue weighted by Gasteiger charge is -2.26. The highest BCUT2D eigenvalue weighted by molar-refractivity contribution is 6.28. The number of hydrogen-bond acceptors (Lipinski definition) is 3. The molecule has 2 rings (SSSR count). The third-order valence-electron chi connectivity index (χ3n) is 3.47. The molecule has 0 aliphatic carbocycles. The van der Waals surface area contributed by atoms with Gasteiger partial charge in [0.1, 0.15) is 6.33 Å². The molecule has 0 unspecified atom stereocenters. The molecule has 4 heteroatoms. The molecule has 21 heavy (non-hydrogen) atoms. The fraction of sp³-hybridized carbons (Fsp3) is 0.471. The summed E-state index contributed by atoms with van der Waals surface area (Å²) in [6.45, 7) is 13.2. The van der Waals surface area contributed by atoms with Gasteiger partial charge in [0.2, 0.25) is 5.28 Å². The quantitative estimate of drug-likeness (QED) is 0.760. The molecule has 1 aromatic carbocycles. The van der Waals surface area contributed by atoms with Crippen LogP contribution in [-0.2, 0) is 10.8 Å². The molecule has 0 spiro atoms. The van der Waals surface area contributed by atoms with Gasteiger partial charge in [-0.05, 0) is 45.7 Å². The fourth-order valence-electron chi connectivity index (χ4n) is 2.04. The topological polar surface area (TPSA) is 38.7 Å². The van der Waals surface area contributed by atoms with Crippen molar-refractivity contribution in [3.05, 3.63) is 40.9 Å². The number of hydrogen-bond donors (Lipinski definition) is 0. The summed E-state index contributed by atoms with van der Waals surface area (Å²) in [4.78, 5) is 12.3. The highest BCUT2D eigenvalue weighted by atomic mass is 35.5. The number of benzene rings is 1. The van der Waals surface area contributed by atoms with Crippen LogP contribution >= 0.6 is 11.6 Å².